The van der Waals surface area contributed by atoms with Gasteiger partial charge in [-0.3, -0.25) is 9.78 Å². The number of aryl methyl sites for hydroxylation is 1. The van der Waals surface area contributed by atoms with Crippen LogP contribution in [0.1, 0.15) is 35.5 Å². The van der Waals surface area contributed by atoms with Gasteiger partial charge in [0.1, 0.15) is 17.6 Å². The van der Waals surface area contributed by atoms with Gasteiger partial charge in [-0.05, 0) is 73.2 Å². The van der Waals surface area contributed by atoms with Crippen molar-refractivity contribution in [1.82, 2.24) is 15.2 Å². The minimum absolute atomic E-state index is 0.0924. The Morgan fingerprint density at radius 3 is 2.68 bits per heavy atom. The highest BCUT2D eigenvalue weighted by molar-refractivity contribution is 7.80. The second kappa shape index (κ2) is 10.9. The van der Waals surface area contributed by atoms with Gasteiger partial charge in [0.05, 0.1) is 16.8 Å². The molecule has 4 aromatic rings. The monoisotopic (exact) mass is 550 g/mol. The fourth-order valence-corrected chi connectivity index (χ4v) is 5.28. The van der Waals surface area contributed by atoms with Gasteiger partial charge in [-0.2, -0.15) is 0 Å². The smallest absolute Gasteiger partial charge is 0.226 e. The van der Waals surface area contributed by atoms with Crippen molar-refractivity contribution in [2.24, 2.45) is 0 Å². The van der Waals surface area contributed by atoms with Crippen molar-refractivity contribution in [1.29, 1.82) is 0 Å². The van der Waals surface area contributed by atoms with Gasteiger partial charge in [-0.25, -0.2) is 0 Å². The highest BCUT2D eigenvalue weighted by Gasteiger charge is 2.41. The van der Waals surface area contributed by atoms with Crippen LogP contribution in [0.15, 0.2) is 83.4 Å². The van der Waals surface area contributed by atoms with E-state index in [1.807, 2.05) is 72.5 Å². The second-order valence-electron chi connectivity index (χ2n) is 8.76. The standard InChI is InChI=1S/C28H24Cl2N4O2S/c1-17-6-2-3-7-21(17)32-25(35)13-15-34-27(26(33-28(34)37)22-8-4-5-14-31-22)24-12-11-23(36-24)19-10-9-18(29)16-20(19)30/h2-12,14,16,26-27H,13,15H2,1H3,(H,32,35)(H,33,37)/t26-,27-/m1/s1. The number of aromatic nitrogens is 1. The zero-order valence-electron chi connectivity index (χ0n) is 19.9. The number of thiocarbonyl (C=S) groups is 1. The number of para-hydroxylation sites is 1. The lowest BCUT2D eigenvalue weighted by Gasteiger charge is -2.26. The van der Waals surface area contributed by atoms with Crippen molar-refractivity contribution < 1.29 is 9.21 Å². The lowest BCUT2D eigenvalue weighted by Crippen LogP contribution is -2.32. The first-order valence-corrected chi connectivity index (χ1v) is 13.0. The minimum atomic E-state index is -0.312. The molecule has 2 N–H and O–H groups in total. The maximum absolute atomic E-state index is 12.8. The Morgan fingerprint density at radius 2 is 1.92 bits per heavy atom. The van der Waals surface area contributed by atoms with E-state index in [1.54, 1.807) is 18.3 Å². The summed E-state index contributed by atoms with van der Waals surface area (Å²) >= 11 is 18.2. The summed E-state index contributed by atoms with van der Waals surface area (Å²) < 4.78 is 6.33. The van der Waals surface area contributed by atoms with Crippen LogP contribution in [0.25, 0.3) is 11.3 Å². The number of amides is 1. The Bertz CT molecular complexity index is 1440. The molecule has 6 nitrogen and oxygen atoms in total. The van der Waals surface area contributed by atoms with Crippen molar-refractivity contribution >= 4 is 52.1 Å². The molecule has 0 saturated carbocycles. The zero-order valence-corrected chi connectivity index (χ0v) is 22.3. The predicted molar refractivity (Wildman–Crippen MR) is 151 cm³/mol. The Morgan fingerprint density at radius 1 is 1.11 bits per heavy atom. The summed E-state index contributed by atoms with van der Waals surface area (Å²) in [5.41, 5.74) is 3.37. The number of nitrogens with one attached hydrogen (secondary N) is 2. The third kappa shape index (κ3) is 5.49. The maximum atomic E-state index is 12.8. The summed E-state index contributed by atoms with van der Waals surface area (Å²) in [6.45, 7) is 2.36. The molecule has 0 unspecified atom stereocenters. The van der Waals surface area contributed by atoms with Crippen LogP contribution in [0.3, 0.4) is 0 Å². The Kier molecular flexibility index (Phi) is 7.46. The number of halogens is 2. The molecule has 1 aliphatic heterocycles. The van der Waals surface area contributed by atoms with Crippen LogP contribution in [-0.2, 0) is 4.79 Å². The number of rotatable bonds is 7. The van der Waals surface area contributed by atoms with Crippen LogP contribution in [0.2, 0.25) is 10.0 Å². The third-order valence-corrected chi connectivity index (χ3v) is 7.21. The van der Waals surface area contributed by atoms with Crippen molar-refractivity contribution in [3.8, 4) is 11.3 Å². The number of anilines is 1. The molecule has 1 fully saturated rings. The molecule has 2 atom stereocenters. The average Bonchev–Trinajstić information content (AvgIpc) is 3.49. The van der Waals surface area contributed by atoms with E-state index in [2.05, 4.69) is 15.6 Å². The number of pyridine rings is 1. The van der Waals surface area contributed by atoms with Crippen LogP contribution in [0.4, 0.5) is 5.69 Å². The van der Waals surface area contributed by atoms with E-state index in [1.165, 1.54) is 0 Å². The Hall–Kier alpha value is -3.39. The van der Waals surface area contributed by atoms with Gasteiger partial charge < -0.3 is 20.0 Å². The Labute approximate surface area is 230 Å². The van der Waals surface area contributed by atoms with Gasteiger partial charge in [0.15, 0.2) is 5.11 Å². The van der Waals surface area contributed by atoms with Gasteiger partial charge in [0, 0.05) is 35.4 Å². The van der Waals surface area contributed by atoms with E-state index in [-0.39, 0.29) is 24.4 Å². The minimum Gasteiger partial charge on any atom is -0.459 e. The molecule has 0 bridgehead atoms. The second-order valence-corrected chi connectivity index (χ2v) is 9.99. The number of carbonyl (C=O) groups excluding carboxylic acids is 1. The topological polar surface area (TPSA) is 70.4 Å². The van der Waals surface area contributed by atoms with Gasteiger partial charge in [-0.1, -0.05) is 47.5 Å². The van der Waals surface area contributed by atoms with Crippen molar-refractivity contribution in [3.05, 3.63) is 106 Å². The largest absolute Gasteiger partial charge is 0.459 e. The number of hydrogen-bond donors (Lipinski definition) is 2. The summed E-state index contributed by atoms with van der Waals surface area (Å²) in [5.74, 6) is 1.21. The van der Waals surface area contributed by atoms with Crippen molar-refractivity contribution in [2.45, 2.75) is 25.4 Å². The lowest BCUT2D eigenvalue weighted by atomic mass is 10.0. The van der Waals surface area contributed by atoms with Crippen LogP contribution >= 0.6 is 35.4 Å². The summed E-state index contributed by atoms with van der Waals surface area (Å²) in [5, 5.41) is 7.96. The molecule has 3 heterocycles. The normalized spacial score (nSPS) is 17.1. The first kappa shape index (κ1) is 25.3. The highest BCUT2D eigenvalue weighted by atomic mass is 35.5. The molecule has 2 aromatic carbocycles. The molecule has 0 spiro atoms. The molecular formula is C28H24Cl2N4O2S. The molecule has 188 valence electrons. The number of benzene rings is 2. The first-order chi connectivity index (χ1) is 17.9. The summed E-state index contributed by atoms with van der Waals surface area (Å²) in [4.78, 5) is 19.3. The van der Waals surface area contributed by atoms with E-state index in [0.717, 1.165) is 22.5 Å². The summed E-state index contributed by atoms with van der Waals surface area (Å²) in [7, 11) is 0. The van der Waals surface area contributed by atoms with Crippen LogP contribution in [0, 0.1) is 6.92 Å². The zero-order chi connectivity index (χ0) is 25.9. The van der Waals surface area contributed by atoms with E-state index in [4.69, 9.17) is 39.8 Å². The van der Waals surface area contributed by atoms with E-state index >= 15 is 0 Å². The predicted octanol–water partition coefficient (Wildman–Crippen LogP) is 6.96. The molecule has 5 rings (SSSR count). The first-order valence-electron chi connectivity index (χ1n) is 11.8. The molecule has 9 heteroatoms. The van der Waals surface area contributed by atoms with E-state index in [0.29, 0.717) is 33.2 Å². The third-order valence-electron chi connectivity index (χ3n) is 6.31. The van der Waals surface area contributed by atoms with Gasteiger partial charge in [0.25, 0.3) is 0 Å². The van der Waals surface area contributed by atoms with Crippen LogP contribution in [-0.4, -0.2) is 27.4 Å². The molecule has 1 amide bonds. The van der Waals surface area contributed by atoms with Crippen LogP contribution < -0.4 is 10.6 Å². The SMILES string of the molecule is Cc1ccccc1NC(=O)CCN1C(=S)N[C@H](c2ccccn2)[C@H]1c1ccc(-c2ccc(Cl)cc2Cl)o1. The molecule has 0 aliphatic carbocycles. The quantitative estimate of drug-likeness (QED) is 0.242. The van der Waals surface area contributed by atoms with E-state index < -0.39 is 0 Å². The van der Waals surface area contributed by atoms with Gasteiger partial charge >= 0.3 is 0 Å². The molecule has 2 aromatic heterocycles. The average molecular weight is 551 g/mol. The highest BCUT2D eigenvalue weighted by Crippen LogP contribution is 2.41. The summed E-state index contributed by atoms with van der Waals surface area (Å²) in [6.07, 6.45) is 1.99. The van der Waals surface area contributed by atoms with Crippen molar-refractivity contribution in [2.75, 3.05) is 11.9 Å². The summed E-state index contributed by atoms with van der Waals surface area (Å²) in [6, 6.07) is 21.9. The van der Waals surface area contributed by atoms with Gasteiger partial charge in [-0.15, -0.1) is 0 Å². The van der Waals surface area contributed by atoms with Crippen LogP contribution in [0.5, 0.6) is 0 Å². The fraction of sp³-hybridized carbons (Fsp3) is 0.179. The molecule has 1 aliphatic rings. The molecular weight excluding hydrogens is 527 g/mol. The van der Waals surface area contributed by atoms with E-state index in [9.17, 15) is 4.79 Å². The lowest BCUT2D eigenvalue weighted by molar-refractivity contribution is -0.116. The number of nitrogens with zero attached hydrogens (tertiary/aromatic N) is 2. The van der Waals surface area contributed by atoms with Gasteiger partial charge in [0.2, 0.25) is 5.91 Å². The molecule has 1 saturated heterocycles. The Balaban J connectivity index is 1.42. The molecule has 37 heavy (non-hydrogen) atoms. The molecule has 0 radical (unpaired) electrons. The number of hydrogen-bond acceptors (Lipinski definition) is 4. The fourth-order valence-electron chi connectivity index (χ4n) is 4.45. The number of carbonyl (C=O) groups is 1. The van der Waals surface area contributed by atoms with Crippen molar-refractivity contribution in [3.63, 3.8) is 0 Å². The maximum Gasteiger partial charge on any atom is 0.226 e. The number of furan rings is 1.